The van der Waals surface area contributed by atoms with Crippen LogP contribution >= 0.6 is 11.8 Å². The van der Waals surface area contributed by atoms with Crippen LogP contribution < -0.4 is 14.8 Å². The summed E-state index contributed by atoms with van der Waals surface area (Å²) in [6, 6.07) is 8.70. The third-order valence-electron chi connectivity index (χ3n) is 3.60. The van der Waals surface area contributed by atoms with Gasteiger partial charge in [-0.1, -0.05) is 11.8 Å². The summed E-state index contributed by atoms with van der Waals surface area (Å²) in [4.78, 5) is 16.4. The summed E-state index contributed by atoms with van der Waals surface area (Å²) in [7, 11) is 3.10. The molecule has 0 saturated carbocycles. The Kier molecular flexibility index (Phi) is 5.92. The van der Waals surface area contributed by atoms with E-state index in [1.54, 1.807) is 63.9 Å². The van der Waals surface area contributed by atoms with E-state index >= 15 is 0 Å². The number of hydrogen-bond donors (Lipinski definition) is 1. The number of aromatic nitrogens is 3. The maximum atomic E-state index is 12.5. The normalized spacial score (nSPS) is 11.7. The number of pyridine rings is 1. The molecule has 0 saturated heterocycles. The number of nitrogens with zero attached hydrogens (tertiary/aromatic N) is 3. The van der Waals surface area contributed by atoms with Crippen LogP contribution in [0, 0.1) is 0 Å². The fraction of sp³-hybridized carbons (Fsp3) is 0.222. The minimum Gasteiger partial charge on any atom is -0.497 e. The molecule has 140 valence electrons. The minimum absolute atomic E-state index is 0.209. The van der Waals surface area contributed by atoms with Gasteiger partial charge in [-0.15, -0.1) is 10.2 Å². The molecule has 9 heteroatoms. The van der Waals surface area contributed by atoms with Crippen LogP contribution in [0.25, 0.3) is 11.5 Å². The van der Waals surface area contributed by atoms with Gasteiger partial charge in [0.2, 0.25) is 11.8 Å². The van der Waals surface area contributed by atoms with Crippen LogP contribution in [-0.2, 0) is 4.79 Å². The quantitative estimate of drug-likeness (QED) is 0.618. The van der Waals surface area contributed by atoms with E-state index in [0.717, 1.165) is 5.56 Å². The molecule has 1 N–H and O–H groups in total. The number of methoxy groups -OCH3 is 2. The predicted octanol–water partition coefficient (Wildman–Crippen LogP) is 3.27. The van der Waals surface area contributed by atoms with Crippen molar-refractivity contribution in [3.8, 4) is 23.0 Å². The Morgan fingerprint density at radius 1 is 1.11 bits per heavy atom. The van der Waals surface area contributed by atoms with Gasteiger partial charge in [0.15, 0.2) is 0 Å². The van der Waals surface area contributed by atoms with Crippen LogP contribution in [0.4, 0.5) is 5.69 Å². The Bertz CT molecular complexity index is 894. The Hall–Kier alpha value is -3.07. The first-order valence-electron chi connectivity index (χ1n) is 8.03. The maximum Gasteiger partial charge on any atom is 0.277 e. The SMILES string of the molecule is COc1cc(NC(=O)[C@H](C)Sc2nnc(-c3ccncc3)o2)cc(OC)c1. The molecule has 2 aromatic heterocycles. The molecule has 1 amide bonds. The van der Waals surface area contributed by atoms with Crippen LogP contribution in [0.3, 0.4) is 0 Å². The summed E-state index contributed by atoms with van der Waals surface area (Å²) in [6.45, 7) is 1.76. The zero-order valence-corrected chi connectivity index (χ0v) is 15.8. The molecule has 0 radical (unpaired) electrons. The van der Waals surface area contributed by atoms with E-state index in [1.807, 2.05) is 0 Å². The lowest BCUT2D eigenvalue weighted by molar-refractivity contribution is -0.115. The molecule has 3 aromatic rings. The first-order valence-corrected chi connectivity index (χ1v) is 8.91. The molecular formula is C18H18N4O4S. The van der Waals surface area contributed by atoms with E-state index in [0.29, 0.717) is 28.3 Å². The highest BCUT2D eigenvalue weighted by molar-refractivity contribution is 8.00. The smallest absolute Gasteiger partial charge is 0.277 e. The fourth-order valence-corrected chi connectivity index (χ4v) is 2.88. The molecule has 0 aliphatic heterocycles. The van der Waals surface area contributed by atoms with Crippen molar-refractivity contribution in [2.75, 3.05) is 19.5 Å². The Labute approximate surface area is 160 Å². The standard InChI is InChI=1S/C18H18N4O4S/c1-11(16(23)20-13-8-14(24-2)10-15(9-13)25-3)27-18-22-21-17(26-18)12-4-6-19-7-5-12/h4-11H,1-3H3,(H,20,23)/t11-/m0/s1. The van der Waals surface area contributed by atoms with Gasteiger partial charge in [-0.2, -0.15) is 0 Å². The number of benzene rings is 1. The zero-order chi connectivity index (χ0) is 19.2. The van der Waals surface area contributed by atoms with Crippen LogP contribution in [0.1, 0.15) is 6.92 Å². The molecule has 2 heterocycles. The Balaban J connectivity index is 1.65. The van der Waals surface area contributed by atoms with Crippen molar-refractivity contribution in [1.29, 1.82) is 0 Å². The zero-order valence-electron chi connectivity index (χ0n) is 15.0. The van der Waals surface area contributed by atoms with Crippen molar-refractivity contribution in [3.05, 3.63) is 42.7 Å². The van der Waals surface area contributed by atoms with E-state index in [1.165, 1.54) is 11.8 Å². The molecule has 0 spiro atoms. The molecule has 0 aliphatic carbocycles. The van der Waals surface area contributed by atoms with Crippen molar-refractivity contribution in [2.45, 2.75) is 17.4 Å². The summed E-state index contributed by atoms with van der Waals surface area (Å²) < 4.78 is 16.0. The molecule has 3 rings (SSSR count). The first kappa shape index (κ1) is 18.7. The van der Waals surface area contributed by atoms with Gasteiger partial charge in [0, 0.05) is 41.8 Å². The minimum atomic E-state index is -0.451. The van der Waals surface area contributed by atoms with Gasteiger partial charge >= 0.3 is 0 Å². The second kappa shape index (κ2) is 8.54. The number of anilines is 1. The van der Waals surface area contributed by atoms with Gasteiger partial charge in [-0.3, -0.25) is 9.78 Å². The highest BCUT2D eigenvalue weighted by Crippen LogP contribution is 2.28. The molecule has 1 aromatic carbocycles. The molecule has 0 unspecified atom stereocenters. The number of nitrogens with one attached hydrogen (secondary N) is 1. The highest BCUT2D eigenvalue weighted by Gasteiger charge is 2.19. The number of hydrogen-bond acceptors (Lipinski definition) is 8. The second-order valence-electron chi connectivity index (χ2n) is 5.46. The van der Waals surface area contributed by atoms with Gasteiger partial charge in [0.05, 0.1) is 19.5 Å². The lowest BCUT2D eigenvalue weighted by atomic mass is 10.2. The van der Waals surface area contributed by atoms with Crippen molar-refractivity contribution < 1.29 is 18.7 Å². The van der Waals surface area contributed by atoms with E-state index in [2.05, 4.69) is 20.5 Å². The number of ether oxygens (including phenoxy) is 2. The van der Waals surface area contributed by atoms with E-state index < -0.39 is 5.25 Å². The molecule has 0 fully saturated rings. The van der Waals surface area contributed by atoms with Crippen molar-refractivity contribution >= 4 is 23.4 Å². The third-order valence-corrected chi connectivity index (χ3v) is 4.53. The fourth-order valence-electron chi connectivity index (χ4n) is 2.20. The van der Waals surface area contributed by atoms with Gasteiger partial charge in [-0.25, -0.2) is 0 Å². The molecule has 27 heavy (non-hydrogen) atoms. The molecule has 0 bridgehead atoms. The average molecular weight is 386 g/mol. The van der Waals surface area contributed by atoms with Crippen molar-refractivity contribution in [1.82, 2.24) is 15.2 Å². The van der Waals surface area contributed by atoms with Crippen LogP contribution in [0.15, 0.2) is 52.4 Å². The first-order chi connectivity index (χ1) is 13.1. The van der Waals surface area contributed by atoms with Crippen LogP contribution in [0.2, 0.25) is 0 Å². The van der Waals surface area contributed by atoms with E-state index in [-0.39, 0.29) is 5.91 Å². The topological polar surface area (TPSA) is 99.4 Å². The molecule has 8 nitrogen and oxygen atoms in total. The lowest BCUT2D eigenvalue weighted by Gasteiger charge is -2.12. The van der Waals surface area contributed by atoms with Gasteiger partial charge in [0.25, 0.3) is 5.22 Å². The van der Waals surface area contributed by atoms with Gasteiger partial charge in [0.1, 0.15) is 11.5 Å². The van der Waals surface area contributed by atoms with Crippen molar-refractivity contribution in [3.63, 3.8) is 0 Å². The number of amides is 1. The molecule has 0 aliphatic rings. The molecule has 1 atom stereocenters. The third kappa shape index (κ3) is 4.76. The average Bonchev–Trinajstić information content (AvgIpc) is 3.16. The summed E-state index contributed by atoms with van der Waals surface area (Å²) >= 11 is 1.18. The predicted molar refractivity (Wildman–Crippen MR) is 101 cm³/mol. The lowest BCUT2D eigenvalue weighted by Crippen LogP contribution is -2.22. The number of rotatable bonds is 7. The molecular weight excluding hydrogens is 368 g/mol. The van der Waals surface area contributed by atoms with Crippen LogP contribution in [-0.4, -0.2) is 40.6 Å². The van der Waals surface area contributed by atoms with Gasteiger partial charge in [-0.05, 0) is 19.1 Å². The summed E-state index contributed by atoms with van der Waals surface area (Å²) in [5.41, 5.74) is 1.34. The number of thioether (sulfide) groups is 1. The Morgan fingerprint density at radius 3 is 2.41 bits per heavy atom. The largest absolute Gasteiger partial charge is 0.497 e. The summed E-state index contributed by atoms with van der Waals surface area (Å²) in [5, 5.41) is 10.7. The highest BCUT2D eigenvalue weighted by atomic mass is 32.2. The second-order valence-corrected chi connectivity index (χ2v) is 6.75. The number of carbonyl (C=O) groups excluding carboxylic acids is 1. The van der Waals surface area contributed by atoms with Crippen molar-refractivity contribution in [2.24, 2.45) is 0 Å². The monoisotopic (exact) mass is 386 g/mol. The van der Waals surface area contributed by atoms with E-state index in [4.69, 9.17) is 13.9 Å². The summed E-state index contributed by atoms with van der Waals surface area (Å²) in [5.74, 6) is 1.34. The Morgan fingerprint density at radius 2 is 1.78 bits per heavy atom. The van der Waals surface area contributed by atoms with Crippen LogP contribution in [0.5, 0.6) is 11.5 Å². The van der Waals surface area contributed by atoms with Gasteiger partial charge < -0.3 is 19.2 Å². The number of carbonyl (C=O) groups is 1. The summed E-state index contributed by atoms with van der Waals surface area (Å²) in [6.07, 6.45) is 3.29. The van der Waals surface area contributed by atoms with E-state index in [9.17, 15) is 4.79 Å². The maximum absolute atomic E-state index is 12.5.